The van der Waals surface area contributed by atoms with Crippen LogP contribution in [0.15, 0.2) is 0 Å². The summed E-state index contributed by atoms with van der Waals surface area (Å²) in [4.78, 5) is 12.5. The van der Waals surface area contributed by atoms with Gasteiger partial charge in [0.2, 0.25) is 5.91 Å². The van der Waals surface area contributed by atoms with E-state index in [1.54, 1.807) is 0 Å². The Morgan fingerprint density at radius 3 is 2.22 bits per heavy atom. The van der Waals surface area contributed by atoms with E-state index in [2.05, 4.69) is 26.1 Å². The van der Waals surface area contributed by atoms with Crippen molar-refractivity contribution in [3.05, 3.63) is 0 Å². The van der Waals surface area contributed by atoms with Crippen LogP contribution in [0.25, 0.3) is 0 Å². The van der Waals surface area contributed by atoms with Crippen molar-refractivity contribution in [1.29, 1.82) is 0 Å². The van der Waals surface area contributed by atoms with Gasteiger partial charge in [-0.15, -0.1) is 0 Å². The van der Waals surface area contributed by atoms with Gasteiger partial charge >= 0.3 is 6.18 Å². The van der Waals surface area contributed by atoms with E-state index in [4.69, 9.17) is 0 Å². The van der Waals surface area contributed by atoms with Gasteiger partial charge in [-0.05, 0) is 43.4 Å². The maximum absolute atomic E-state index is 12.9. The maximum Gasteiger partial charge on any atom is 0.391 e. The molecule has 0 spiro atoms. The second-order valence-electron chi connectivity index (χ2n) is 8.47. The fraction of sp³-hybridized carbons (Fsp3) is 0.944. The molecule has 2 rings (SSSR count). The van der Waals surface area contributed by atoms with E-state index in [-0.39, 0.29) is 30.2 Å². The molecule has 0 bridgehead atoms. The van der Waals surface area contributed by atoms with Crippen molar-refractivity contribution in [1.82, 2.24) is 5.32 Å². The van der Waals surface area contributed by atoms with E-state index in [1.165, 1.54) is 6.42 Å². The van der Waals surface area contributed by atoms with Crippen LogP contribution in [0.5, 0.6) is 0 Å². The van der Waals surface area contributed by atoms with E-state index < -0.39 is 18.0 Å². The Balaban J connectivity index is 1.97. The van der Waals surface area contributed by atoms with Crippen LogP contribution in [0.4, 0.5) is 13.2 Å². The first-order valence-electron chi connectivity index (χ1n) is 8.96. The predicted octanol–water partition coefficient (Wildman–Crippen LogP) is 5.08. The Bertz CT molecular complexity index is 413. The summed E-state index contributed by atoms with van der Waals surface area (Å²) in [6.07, 6.45) is 1.34. The van der Waals surface area contributed by atoms with Crippen LogP contribution in [0.2, 0.25) is 0 Å². The highest BCUT2D eigenvalue weighted by Gasteiger charge is 2.44. The summed E-state index contributed by atoms with van der Waals surface area (Å²) in [7, 11) is 0. The normalized spacial score (nSPS) is 33.3. The van der Waals surface area contributed by atoms with E-state index in [9.17, 15) is 18.0 Å². The molecule has 23 heavy (non-hydrogen) atoms. The first kappa shape index (κ1) is 18.6. The third-order valence-corrected chi connectivity index (χ3v) is 5.71. The highest BCUT2D eigenvalue weighted by Crippen LogP contribution is 2.41. The zero-order valence-electron chi connectivity index (χ0n) is 14.5. The lowest BCUT2D eigenvalue weighted by Crippen LogP contribution is -2.49. The molecule has 0 aromatic heterocycles. The maximum atomic E-state index is 12.9. The summed E-state index contributed by atoms with van der Waals surface area (Å²) in [6, 6.07) is 0.113. The lowest BCUT2D eigenvalue weighted by molar-refractivity contribution is -0.186. The Labute approximate surface area is 137 Å². The predicted molar refractivity (Wildman–Crippen MR) is 84.8 cm³/mol. The lowest BCUT2D eigenvalue weighted by Gasteiger charge is -2.41. The number of nitrogens with one attached hydrogen (secondary N) is 1. The van der Waals surface area contributed by atoms with Gasteiger partial charge in [-0.3, -0.25) is 4.79 Å². The molecule has 0 aromatic rings. The van der Waals surface area contributed by atoms with Gasteiger partial charge in [0.05, 0.1) is 5.92 Å². The van der Waals surface area contributed by atoms with Gasteiger partial charge in [0, 0.05) is 12.0 Å². The van der Waals surface area contributed by atoms with Crippen LogP contribution < -0.4 is 5.32 Å². The highest BCUT2D eigenvalue weighted by atomic mass is 19.4. The van der Waals surface area contributed by atoms with E-state index in [0.717, 1.165) is 19.3 Å². The molecule has 2 fully saturated rings. The quantitative estimate of drug-likeness (QED) is 0.750. The molecular weight excluding hydrogens is 303 g/mol. The Kier molecular flexibility index (Phi) is 5.68. The number of carbonyl (C=O) groups is 1. The molecule has 0 heterocycles. The van der Waals surface area contributed by atoms with Gasteiger partial charge in [-0.1, -0.05) is 40.0 Å². The van der Waals surface area contributed by atoms with Crippen LogP contribution in [0.1, 0.15) is 72.1 Å². The van der Waals surface area contributed by atoms with Gasteiger partial charge in [-0.25, -0.2) is 0 Å². The average Bonchev–Trinajstić information content (AvgIpc) is 2.46. The largest absolute Gasteiger partial charge is 0.391 e. The van der Waals surface area contributed by atoms with Gasteiger partial charge in [0.25, 0.3) is 0 Å². The van der Waals surface area contributed by atoms with Gasteiger partial charge in [-0.2, -0.15) is 13.2 Å². The molecule has 0 radical (unpaired) electrons. The van der Waals surface area contributed by atoms with Crippen LogP contribution in [0, 0.1) is 23.2 Å². The number of alkyl halides is 3. The molecule has 2 aliphatic rings. The standard InChI is InChI=1S/C18H30F3NO/c1-17(2,3)14-9-4-5-10-15(14)22-16(23)12-7-6-8-13(11-12)18(19,20)21/h12-15H,4-11H2,1-3H3,(H,22,23). The second-order valence-corrected chi connectivity index (χ2v) is 8.47. The van der Waals surface area contributed by atoms with Crippen molar-refractivity contribution in [2.45, 2.75) is 84.4 Å². The minimum atomic E-state index is -4.17. The molecule has 2 aliphatic carbocycles. The number of hydrogen-bond donors (Lipinski definition) is 1. The molecule has 134 valence electrons. The van der Waals surface area contributed by atoms with E-state index >= 15 is 0 Å². The minimum Gasteiger partial charge on any atom is -0.353 e. The van der Waals surface area contributed by atoms with Crippen molar-refractivity contribution >= 4 is 5.91 Å². The SMILES string of the molecule is CC(C)(C)C1CCCCC1NC(=O)C1CCCC(C(F)(F)F)C1. The fourth-order valence-electron chi connectivity index (χ4n) is 4.37. The summed E-state index contributed by atoms with van der Waals surface area (Å²) in [6.45, 7) is 6.55. The fourth-order valence-corrected chi connectivity index (χ4v) is 4.37. The van der Waals surface area contributed by atoms with E-state index in [1.807, 2.05) is 0 Å². The molecule has 1 amide bonds. The molecule has 2 saturated carbocycles. The molecule has 2 nitrogen and oxygen atoms in total. The van der Waals surface area contributed by atoms with Crippen LogP contribution in [-0.4, -0.2) is 18.1 Å². The number of amides is 1. The van der Waals surface area contributed by atoms with Crippen molar-refractivity contribution < 1.29 is 18.0 Å². The molecule has 1 N–H and O–H groups in total. The topological polar surface area (TPSA) is 29.1 Å². The summed E-state index contributed by atoms with van der Waals surface area (Å²) < 4.78 is 38.8. The molecule has 4 atom stereocenters. The molecule has 4 unspecified atom stereocenters. The van der Waals surface area contributed by atoms with Crippen LogP contribution in [-0.2, 0) is 4.79 Å². The molecule has 0 aromatic carbocycles. The third-order valence-electron chi connectivity index (χ3n) is 5.71. The second kappa shape index (κ2) is 7.02. The van der Waals surface area contributed by atoms with Crippen molar-refractivity contribution in [3.8, 4) is 0 Å². The molecule has 5 heteroatoms. The molecule has 0 aliphatic heterocycles. The summed E-state index contributed by atoms with van der Waals surface area (Å²) in [5.74, 6) is -1.53. The first-order valence-corrected chi connectivity index (χ1v) is 8.96. The minimum absolute atomic E-state index is 0.0394. The zero-order chi connectivity index (χ0) is 17.3. The van der Waals surface area contributed by atoms with Crippen molar-refractivity contribution in [3.63, 3.8) is 0 Å². The number of carbonyl (C=O) groups excluding carboxylic acids is 1. The van der Waals surface area contributed by atoms with Crippen molar-refractivity contribution in [2.75, 3.05) is 0 Å². The Morgan fingerprint density at radius 1 is 0.957 bits per heavy atom. The summed E-state index contributed by atoms with van der Waals surface area (Å²) in [5.41, 5.74) is 0.111. The Hall–Kier alpha value is -0.740. The van der Waals surface area contributed by atoms with Crippen LogP contribution >= 0.6 is 0 Å². The first-order chi connectivity index (χ1) is 10.6. The number of rotatable bonds is 2. The average molecular weight is 333 g/mol. The highest BCUT2D eigenvalue weighted by molar-refractivity contribution is 5.79. The molecule has 0 saturated heterocycles. The monoisotopic (exact) mass is 333 g/mol. The summed E-state index contributed by atoms with van der Waals surface area (Å²) in [5, 5.41) is 3.11. The molecular formula is C18H30F3NO. The number of halogens is 3. The van der Waals surface area contributed by atoms with Gasteiger partial charge in [0.15, 0.2) is 0 Å². The zero-order valence-corrected chi connectivity index (χ0v) is 14.5. The van der Waals surface area contributed by atoms with Gasteiger partial charge < -0.3 is 5.32 Å². The number of hydrogen-bond acceptors (Lipinski definition) is 1. The van der Waals surface area contributed by atoms with E-state index in [0.29, 0.717) is 18.8 Å². The lowest BCUT2D eigenvalue weighted by atomic mass is 9.69. The third kappa shape index (κ3) is 4.87. The van der Waals surface area contributed by atoms with Crippen molar-refractivity contribution in [2.24, 2.45) is 23.2 Å². The Morgan fingerprint density at radius 2 is 1.61 bits per heavy atom. The van der Waals surface area contributed by atoms with Crippen LogP contribution in [0.3, 0.4) is 0 Å². The smallest absolute Gasteiger partial charge is 0.353 e. The van der Waals surface area contributed by atoms with Gasteiger partial charge in [0.1, 0.15) is 0 Å². The summed E-state index contributed by atoms with van der Waals surface area (Å²) >= 11 is 0.